The molecule has 2 bridgehead atoms. The molecule has 5 atom stereocenters. The number of hydrogen-bond donors (Lipinski definition) is 2. The fraction of sp³-hybridized carbons (Fsp3) is 0.619. The van der Waals surface area contributed by atoms with Gasteiger partial charge in [-0.1, -0.05) is 18.2 Å². The third-order valence-corrected chi connectivity index (χ3v) is 6.56. The monoisotopic (exact) mass is 359 g/mol. The van der Waals surface area contributed by atoms with E-state index in [2.05, 4.69) is 18.0 Å². The minimum absolute atomic E-state index is 0.160. The SMILES string of the molecule is CCOCC.CN1CC[C@]23c4c5ccc(O)c4O[C@H]2[C@@H](O)C=C[C@H]3[C@H]1C5. The first-order valence-electron chi connectivity index (χ1n) is 9.70. The molecule has 26 heavy (non-hydrogen) atoms. The highest BCUT2D eigenvalue weighted by molar-refractivity contribution is 5.61. The number of ether oxygens (including phenoxy) is 2. The normalized spacial score (nSPS) is 36.0. The second kappa shape index (κ2) is 6.55. The van der Waals surface area contributed by atoms with Crippen molar-refractivity contribution >= 4 is 0 Å². The molecule has 2 heterocycles. The van der Waals surface area contributed by atoms with Crippen LogP contribution in [0.5, 0.6) is 11.5 Å². The number of aliphatic hydroxyl groups excluding tert-OH is 1. The zero-order valence-electron chi connectivity index (χ0n) is 15.8. The molecule has 2 aliphatic carbocycles. The average Bonchev–Trinajstić information content (AvgIpc) is 2.99. The molecule has 0 amide bonds. The molecule has 0 saturated carbocycles. The maximum atomic E-state index is 10.4. The first-order chi connectivity index (χ1) is 12.5. The summed E-state index contributed by atoms with van der Waals surface area (Å²) in [7, 11) is 2.19. The summed E-state index contributed by atoms with van der Waals surface area (Å²) in [6, 6.07) is 4.23. The lowest BCUT2D eigenvalue weighted by Crippen LogP contribution is -2.64. The Labute approximate surface area is 155 Å². The molecule has 5 rings (SSSR count). The fourth-order valence-electron chi connectivity index (χ4n) is 5.44. The van der Waals surface area contributed by atoms with E-state index in [1.54, 1.807) is 6.07 Å². The van der Waals surface area contributed by atoms with Gasteiger partial charge in [0.15, 0.2) is 11.5 Å². The molecule has 2 N–H and O–H groups in total. The van der Waals surface area contributed by atoms with E-state index in [1.807, 2.05) is 26.0 Å². The summed E-state index contributed by atoms with van der Waals surface area (Å²) in [5, 5.41) is 20.6. The molecule has 0 radical (unpaired) electrons. The molecule has 2 aliphatic heterocycles. The maximum absolute atomic E-state index is 10.4. The predicted molar refractivity (Wildman–Crippen MR) is 99.7 cm³/mol. The van der Waals surface area contributed by atoms with E-state index in [0.717, 1.165) is 32.6 Å². The van der Waals surface area contributed by atoms with E-state index >= 15 is 0 Å². The molecule has 142 valence electrons. The highest BCUT2D eigenvalue weighted by Crippen LogP contribution is 2.62. The Kier molecular flexibility index (Phi) is 4.49. The van der Waals surface area contributed by atoms with Crippen molar-refractivity contribution in [1.82, 2.24) is 4.90 Å². The second-order valence-electron chi connectivity index (χ2n) is 7.71. The summed E-state index contributed by atoms with van der Waals surface area (Å²) in [6.07, 6.45) is 5.18. The molecule has 5 heteroatoms. The van der Waals surface area contributed by atoms with Gasteiger partial charge in [-0.3, -0.25) is 0 Å². The first kappa shape index (κ1) is 17.8. The molecular formula is C21H29NO4. The van der Waals surface area contributed by atoms with Gasteiger partial charge in [0.1, 0.15) is 12.2 Å². The summed E-state index contributed by atoms with van der Waals surface area (Å²) < 4.78 is 10.9. The average molecular weight is 359 g/mol. The lowest BCUT2D eigenvalue weighted by Gasteiger charge is -2.56. The fourth-order valence-corrected chi connectivity index (χ4v) is 5.44. The minimum atomic E-state index is -0.594. The Morgan fingerprint density at radius 1 is 1.27 bits per heavy atom. The number of hydrogen-bond acceptors (Lipinski definition) is 5. The van der Waals surface area contributed by atoms with Crippen LogP contribution in [0.2, 0.25) is 0 Å². The van der Waals surface area contributed by atoms with Crippen LogP contribution >= 0.6 is 0 Å². The molecule has 4 aliphatic rings. The van der Waals surface area contributed by atoms with Crippen LogP contribution in [0.4, 0.5) is 0 Å². The number of likely N-dealkylation sites (tertiary alicyclic amines) is 1. The van der Waals surface area contributed by atoms with Crippen molar-refractivity contribution in [1.29, 1.82) is 0 Å². The van der Waals surface area contributed by atoms with Crippen molar-refractivity contribution in [2.24, 2.45) is 5.92 Å². The number of likely N-dealkylation sites (N-methyl/N-ethyl adjacent to an activating group) is 1. The summed E-state index contributed by atoms with van der Waals surface area (Å²) in [5.41, 5.74) is 2.29. The molecular weight excluding hydrogens is 330 g/mol. The largest absolute Gasteiger partial charge is 0.504 e. The van der Waals surface area contributed by atoms with E-state index in [-0.39, 0.29) is 17.3 Å². The van der Waals surface area contributed by atoms with Crippen LogP contribution in [0, 0.1) is 5.92 Å². The number of nitrogens with zero attached hydrogens (tertiary/aromatic N) is 1. The molecule has 1 fully saturated rings. The van der Waals surface area contributed by atoms with E-state index in [0.29, 0.717) is 17.7 Å². The van der Waals surface area contributed by atoms with Gasteiger partial charge in [0.2, 0.25) is 0 Å². The van der Waals surface area contributed by atoms with Gasteiger partial charge >= 0.3 is 0 Å². The van der Waals surface area contributed by atoms with Crippen molar-refractivity contribution in [3.05, 3.63) is 35.4 Å². The zero-order valence-corrected chi connectivity index (χ0v) is 15.8. The molecule has 1 aromatic carbocycles. The van der Waals surface area contributed by atoms with E-state index in [1.165, 1.54) is 11.1 Å². The molecule has 0 unspecified atom stereocenters. The highest BCUT2D eigenvalue weighted by atomic mass is 16.5. The van der Waals surface area contributed by atoms with Gasteiger partial charge in [-0.25, -0.2) is 0 Å². The van der Waals surface area contributed by atoms with Gasteiger partial charge in [-0.2, -0.15) is 0 Å². The van der Waals surface area contributed by atoms with Crippen LogP contribution in [0.25, 0.3) is 0 Å². The van der Waals surface area contributed by atoms with Crippen LogP contribution < -0.4 is 4.74 Å². The van der Waals surface area contributed by atoms with Gasteiger partial charge in [-0.05, 0) is 51.9 Å². The van der Waals surface area contributed by atoms with Crippen molar-refractivity contribution in [2.75, 3.05) is 26.8 Å². The van der Waals surface area contributed by atoms with Gasteiger partial charge in [0.05, 0.1) is 0 Å². The van der Waals surface area contributed by atoms with Crippen molar-refractivity contribution < 1.29 is 19.7 Å². The Morgan fingerprint density at radius 2 is 2.04 bits per heavy atom. The standard InChI is InChI=1S/C17H19NO3.C4H10O/c1-18-7-6-17-10-3-5-13(20)16(17)21-15-12(19)4-2-9(14(15)17)8-11(10)18;1-3-5-4-2/h2-5,10-11,13,16,19-20H,6-8H2,1H3;3-4H2,1-2H3/t10-,11+,13-,16-,17-;/m0./s1. The van der Waals surface area contributed by atoms with Crippen molar-refractivity contribution in [2.45, 2.75) is 50.4 Å². The number of rotatable bonds is 2. The number of aliphatic hydroxyl groups is 1. The summed E-state index contributed by atoms with van der Waals surface area (Å²) >= 11 is 0. The Balaban J connectivity index is 0.000000301. The summed E-state index contributed by atoms with van der Waals surface area (Å²) in [5.74, 6) is 1.19. The summed E-state index contributed by atoms with van der Waals surface area (Å²) in [6.45, 7) is 6.68. The lowest BCUT2D eigenvalue weighted by molar-refractivity contribution is -0.0453. The van der Waals surface area contributed by atoms with Crippen LogP contribution in [-0.2, 0) is 16.6 Å². The van der Waals surface area contributed by atoms with Crippen molar-refractivity contribution in [3.63, 3.8) is 0 Å². The first-order valence-corrected chi connectivity index (χ1v) is 9.70. The molecule has 0 aromatic heterocycles. The highest BCUT2D eigenvalue weighted by Gasteiger charge is 2.64. The Hall–Kier alpha value is -1.56. The van der Waals surface area contributed by atoms with Gasteiger partial charge in [0.25, 0.3) is 0 Å². The summed E-state index contributed by atoms with van der Waals surface area (Å²) in [4.78, 5) is 2.43. The van der Waals surface area contributed by atoms with E-state index < -0.39 is 6.10 Å². The predicted octanol–water partition coefficient (Wildman–Crippen LogP) is 2.24. The lowest BCUT2D eigenvalue weighted by atomic mass is 9.53. The third kappa shape index (κ3) is 2.34. The van der Waals surface area contributed by atoms with E-state index in [4.69, 9.17) is 9.47 Å². The minimum Gasteiger partial charge on any atom is -0.504 e. The third-order valence-electron chi connectivity index (χ3n) is 6.56. The molecule has 1 aromatic rings. The number of benzene rings is 1. The van der Waals surface area contributed by atoms with Crippen LogP contribution in [-0.4, -0.2) is 60.2 Å². The van der Waals surface area contributed by atoms with Crippen LogP contribution in [0.1, 0.15) is 31.4 Å². The van der Waals surface area contributed by atoms with Gasteiger partial charge in [-0.15, -0.1) is 0 Å². The van der Waals surface area contributed by atoms with E-state index in [9.17, 15) is 10.2 Å². The number of phenols is 1. The molecule has 5 nitrogen and oxygen atoms in total. The maximum Gasteiger partial charge on any atom is 0.165 e. The van der Waals surface area contributed by atoms with Gasteiger partial charge < -0.3 is 24.6 Å². The Morgan fingerprint density at radius 3 is 2.73 bits per heavy atom. The molecule has 1 spiro atoms. The topological polar surface area (TPSA) is 62.2 Å². The molecule has 1 saturated heterocycles. The zero-order chi connectivity index (χ0) is 18.5. The number of piperidine rings is 1. The quantitative estimate of drug-likeness (QED) is 0.793. The smallest absolute Gasteiger partial charge is 0.165 e. The van der Waals surface area contributed by atoms with Gasteiger partial charge in [0, 0.05) is 36.2 Å². The number of aromatic hydroxyl groups is 1. The second-order valence-corrected chi connectivity index (χ2v) is 7.71. The number of phenolic OH excluding ortho intramolecular Hbond substituents is 1. The van der Waals surface area contributed by atoms with Crippen LogP contribution in [0.3, 0.4) is 0 Å². The Bertz CT molecular complexity index is 716. The van der Waals surface area contributed by atoms with Crippen molar-refractivity contribution in [3.8, 4) is 11.5 Å². The van der Waals surface area contributed by atoms with Crippen LogP contribution in [0.15, 0.2) is 24.3 Å².